The Morgan fingerprint density at radius 2 is 1.62 bits per heavy atom. The van der Waals surface area contributed by atoms with Crippen molar-refractivity contribution in [3.05, 3.63) is 108 Å². The Morgan fingerprint density at radius 1 is 0.946 bits per heavy atom. The molecule has 0 radical (unpaired) electrons. The van der Waals surface area contributed by atoms with E-state index >= 15 is 0 Å². The smallest absolute Gasteiger partial charge is 0.327 e. The predicted molar refractivity (Wildman–Crippen MR) is 141 cm³/mol. The van der Waals surface area contributed by atoms with Gasteiger partial charge in [-0.1, -0.05) is 48.5 Å². The molecule has 1 aromatic heterocycles. The van der Waals surface area contributed by atoms with Crippen molar-refractivity contribution in [2.24, 2.45) is 0 Å². The number of aromatic nitrogens is 2. The molecule has 0 saturated heterocycles. The average molecular weight is 518 g/mol. The highest BCUT2D eigenvalue weighted by atomic mass is 32.2. The Hall–Kier alpha value is -4.44. The van der Waals surface area contributed by atoms with Gasteiger partial charge in [-0.05, 0) is 54.8 Å². The maximum Gasteiger partial charge on any atom is 0.329 e. The van der Waals surface area contributed by atoms with Crippen molar-refractivity contribution < 1.29 is 18.0 Å². The van der Waals surface area contributed by atoms with Crippen molar-refractivity contribution in [3.63, 3.8) is 0 Å². The summed E-state index contributed by atoms with van der Waals surface area (Å²) in [5, 5.41) is 5.52. The van der Waals surface area contributed by atoms with Gasteiger partial charge >= 0.3 is 6.03 Å². The Bertz CT molecular complexity index is 1500. The van der Waals surface area contributed by atoms with Crippen LogP contribution in [0.15, 0.2) is 96.2 Å². The summed E-state index contributed by atoms with van der Waals surface area (Å²) < 4.78 is 29.7. The van der Waals surface area contributed by atoms with Gasteiger partial charge in [-0.25, -0.2) is 22.9 Å². The second-order valence-corrected chi connectivity index (χ2v) is 10.1. The van der Waals surface area contributed by atoms with Crippen molar-refractivity contribution in [2.45, 2.75) is 31.2 Å². The van der Waals surface area contributed by atoms with Crippen LogP contribution in [0.25, 0.3) is 5.69 Å². The summed E-state index contributed by atoms with van der Waals surface area (Å²) in [5.74, 6) is 0.342. The van der Waals surface area contributed by atoms with Crippen LogP contribution >= 0.6 is 0 Å². The van der Waals surface area contributed by atoms with E-state index in [1.54, 1.807) is 54.2 Å². The average Bonchev–Trinajstić information content (AvgIpc) is 3.34. The molecule has 4 rings (SSSR count). The zero-order valence-electron chi connectivity index (χ0n) is 20.4. The highest BCUT2D eigenvalue weighted by molar-refractivity contribution is 7.90. The first-order chi connectivity index (χ1) is 17.7. The maximum absolute atomic E-state index is 13.0. The van der Waals surface area contributed by atoms with Gasteiger partial charge < -0.3 is 15.2 Å². The number of nitrogens with zero attached hydrogens (tertiary/aromatic N) is 2. The van der Waals surface area contributed by atoms with Crippen molar-refractivity contribution in [1.82, 2.24) is 19.6 Å². The maximum atomic E-state index is 13.0. The standard InChI is InChI=1S/C27H27N5O4S/c1-19-8-6-7-11-25(19)37(35,36)31-27(34)30-24(18-21-9-4-3-5-10-21)26-28-16-17-32(26)23-14-12-22(13-15-23)29-20(2)33/h3-17,24H,18H2,1-2H3,(H,29,33)(H2,30,31,34). The highest BCUT2D eigenvalue weighted by Gasteiger charge is 2.25. The van der Waals surface area contributed by atoms with Gasteiger partial charge in [-0.2, -0.15) is 0 Å². The minimum Gasteiger partial charge on any atom is -0.327 e. The predicted octanol–water partition coefficient (Wildman–Crippen LogP) is 4.11. The van der Waals surface area contributed by atoms with Crippen LogP contribution in [0.5, 0.6) is 0 Å². The first kappa shape index (κ1) is 25.6. The van der Waals surface area contributed by atoms with Crippen LogP contribution in [0.4, 0.5) is 10.5 Å². The number of amides is 3. The third-order valence-electron chi connectivity index (χ3n) is 5.65. The lowest BCUT2D eigenvalue weighted by Crippen LogP contribution is -2.42. The summed E-state index contributed by atoms with van der Waals surface area (Å²) in [6, 6.07) is 21.6. The van der Waals surface area contributed by atoms with E-state index < -0.39 is 22.1 Å². The fourth-order valence-corrected chi connectivity index (χ4v) is 5.14. The molecule has 0 spiro atoms. The van der Waals surface area contributed by atoms with Gasteiger partial charge in [0.2, 0.25) is 5.91 Å². The molecule has 3 amide bonds. The van der Waals surface area contributed by atoms with Crippen LogP contribution in [-0.4, -0.2) is 29.9 Å². The van der Waals surface area contributed by atoms with E-state index in [2.05, 4.69) is 20.3 Å². The Kier molecular flexibility index (Phi) is 7.69. The number of aryl methyl sites for hydroxylation is 1. The van der Waals surface area contributed by atoms with Crippen LogP contribution in [-0.2, 0) is 21.2 Å². The number of imidazole rings is 1. The number of nitrogens with one attached hydrogen (secondary N) is 3. The lowest BCUT2D eigenvalue weighted by atomic mass is 10.1. The van der Waals surface area contributed by atoms with Crippen molar-refractivity contribution in [1.29, 1.82) is 0 Å². The first-order valence-corrected chi connectivity index (χ1v) is 13.1. The van der Waals surface area contributed by atoms with Gasteiger partial charge in [-0.15, -0.1) is 0 Å². The second-order valence-electron chi connectivity index (χ2n) is 8.47. The molecule has 3 aromatic carbocycles. The third kappa shape index (κ3) is 6.42. The highest BCUT2D eigenvalue weighted by Crippen LogP contribution is 2.22. The molecular formula is C27H27N5O4S. The van der Waals surface area contributed by atoms with E-state index in [0.717, 1.165) is 11.3 Å². The summed E-state index contributed by atoms with van der Waals surface area (Å²) in [6.45, 7) is 3.10. The zero-order valence-corrected chi connectivity index (χ0v) is 21.2. The number of hydrogen-bond acceptors (Lipinski definition) is 5. The number of sulfonamides is 1. The Morgan fingerprint density at radius 3 is 2.30 bits per heavy atom. The van der Waals surface area contributed by atoms with Gasteiger partial charge in [0.05, 0.1) is 10.9 Å². The molecule has 3 N–H and O–H groups in total. The number of hydrogen-bond donors (Lipinski definition) is 3. The summed E-state index contributed by atoms with van der Waals surface area (Å²) in [6.07, 6.45) is 3.74. The number of carbonyl (C=O) groups is 2. The van der Waals surface area contributed by atoms with Gasteiger partial charge in [0.1, 0.15) is 5.82 Å². The van der Waals surface area contributed by atoms with Crippen molar-refractivity contribution in [2.75, 3.05) is 5.32 Å². The normalized spacial score (nSPS) is 11.9. The van der Waals surface area contributed by atoms with Crippen LogP contribution in [0.3, 0.4) is 0 Å². The molecule has 0 saturated carbocycles. The molecule has 4 aromatic rings. The van der Waals surface area contributed by atoms with Crippen LogP contribution in [0, 0.1) is 6.92 Å². The van der Waals surface area contributed by atoms with Gasteiger partial charge in [0.15, 0.2) is 0 Å². The summed E-state index contributed by atoms with van der Waals surface area (Å²) >= 11 is 0. The minimum atomic E-state index is -4.08. The summed E-state index contributed by atoms with van der Waals surface area (Å²) in [5.41, 5.74) is 2.87. The molecule has 1 atom stereocenters. The molecule has 0 aliphatic carbocycles. The molecule has 0 bridgehead atoms. The Balaban J connectivity index is 1.62. The second kappa shape index (κ2) is 11.1. The zero-order chi connectivity index (χ0) is 26.4. The number of carbonyl (C=O) groups excluding carboxylic acids is 2. The van der Waals surface area contributed by atoms with E-state index in [1.807, 2.05) is 42.5 Å². The molecule has 9 nitrogen and oxygen atoms in total. The largest absolute Gasteiger partial charge is 0.329 e. The van der Waals surface area contributed by atoms with E-state index in [1.165, 1.54) is 13.0 Å². The lowest BCUT2D eigenvalue weighted by molar-refractivity contribution is -0.114. The van der Waals surface area contributed by atoms with Gasteiger partial charge in [0, 0.05) is 30.7 Å². The number of anilines is 1. The molecule has 0 fully saturated rings. The molecule has 1 unspecified atom stereocenters. The Labute approximate surface area is 215 Å². The van der Waals surface area contributed by atoms with Crippen molar-refractivity contribution in [3.8, 4) is 5.69 Å². The van der Waals surface area contributed by atoms with Crippen LogP contribution < -0.4 is 15.4 Å². The van der Waals surface area contributed by atoms with Gasteiger partial charge in [-0.3, -0.25) is 4.79 Å². The van der Waals surface area contributed by atoms with Crippen molar-refractivity contribution >= 4 is 27.6 Å². The SMILES string of the molecule is CC(=O)Nc1ccc(-n2ccnc2C(Cc2ccccc2)NC(=O)NS(=O)(=O)c2ccccc2C)cc1. The number of rotatable bonds is 8. The molecular weight excluding hydrogens is 490 g/mol. The van der Waals surface area contributed by atoms with E-state index in [-0.39, 0.29) is 10.8 Å². The van der Waals surface area contributed by atoms with E-state index in [4.69, 9.17) is 0 Å². The fourth-order valence-electron chi connectivity index (χ4n) is 3.98. The van der Waals surface area contributed by atoms with Crippen LogP contribution in [0.2, 0.25) is 0 Å². The minimum absolute atomic E-state index is 0.0329. The first-order valence-electron chi connectivity index (χ1n) is 11.6. The third-order valence-corrected chi connectivity index (χ3v) is 7.14. The van der Waals surface area contributed by atoms with Gasteiger partial charge in [0.25, 0.3) is 10.0 Å². The molecule has 190 valence electrons. The quantitative estimate of drug-likeness (QED) is 0.325. The molecule has 10 heteroatoms. The monoisotopic (exact) mass is 517 g/mol. The molecule has 0 aliphatic rings. The lowest BCUT2D eigenvalue weighted by Gasteiger charge is -2.21. The van der Waals surface area contributed by atoms with Crippen LogP contribution in [0.1, 0.15) is 29.9 Å². The summed E-state index contributed by atoms with van der Waals surface area (Å²) in [4.78, 5) is 28.8. The molecule has 0 aliphatic heterocycles. The summed E-state index contributed by atoms with van der Waals surface area (Å²) in [7, 11) is -4.08. The number of benzene rings is 3. The molecule has 1 heterocycles. The number of urea groups is 1. The van der Waals surface area contributed by atoms with E-state index in [0.29, 0.717) is 23.5 Å². The topological polar surface area (TPSA) is 122 Å². The molecule has 37 heavy (non-hydrogen) atoms. The fraction of sp³-hybridized carbons (Fsp3) is 0.148. The van der Waals surface area contributed by atoms with E-state index in [9.17, 15) is 18.0 Å².